The summed E-state index contributed by atoms with van der Waals surface area (Å²) in [6, 6.07) is 10.3. The van der Waals surface area contributed by atoms with Crippen LogP contribution >= 0.6 is 11.8 Å². The molecule has 0 atom stereocenters. The van der Waals surface area contributed by atoms with E-state index in [-0.39, 0.29) is 0 Å². The topological polar surface area (TPSA) is 67.3 Å². The number of nitrogens with zero attached hydrogens (tertiary/aromatic N) is 4. The van der Waals surface area contributed by atoms with Gasteiger partial charge in [0.25, 0.3) is 0 Å². The molecule has 0 unspecified atom stereocenters. The van der Waals surface area contributed by atoms with Crippen molar-refractivity contribution in [3.05, 3.63) is 42.2 Å². The summed E-state index contributed by atoms with van der Waals surface area (Å²) in [4.78, 5) is 8.25. The SMILES string of the molecule is c1ccc(CSc2ncnc3n[nH]nc23)cc1. The van der Waals surface area contributed by atoms with Crippen LogP contribution in [0.25, 0.3) is 11.2 Å². The second kappa shape index (κ2) is 4.50. The Labute approximate surface area is 102 Å². The van der Waals surface area contributed by atoms with Crippen molar-refractivity contribution in [2.75, 3.05) is 0 Å². The summed E-state index contributed by atoms with van der Waals surface area (Å²) < 4.78 is 0. The highest BCUT2D eigenvalue weighted by molar-refractivity contribution is 7.98. The maximum absolute atomic E-state index is 4.22. The van der Waals surface area contributed by atoms with Gasteiger partial charge in [-0.05, 0) is 5.56 Å². The Morgan fingerprint density at radius 1 is 1.06 bits per heavy atom. The summed E-state index contributed by atoms with van der Waals surface area (Å²) in [6.45, 7) is 0. The Morgan fingerprint density at radius 2 is 1.94 bits per heavy atom. The van der Waals surface area contributed by atoms with Crippen LogP contribution < -0.4 is 0 Å². The molecule has 0 bridgehead atoms. The van der Waals surface area contributed by atoms with E-state index in [1.807, 2.05) is 18.2 Å². The lowest BCUT2D eigenvalue weighted by Gasteiger charge is -2.00. The highest BCUT2D eigenvalue weighted by atomic mass is 32.2. The molecule has 6 heteroatoms. The summed E-state index contributed by atoms with van der Waals surface area (Å²) >= 11 is 1.63. The minimum absolute atomic E-state index is 0.607. The molecule has 2 aromatic heterocycles. The lowest BCUT2D eigenvalue weighted by atomic mass is 10.2. The number of nitrogens with one attached hydrogen (secondary N) is 1. The van der Waals surface area contributed by atoms with Gasteiger partial charge in [0.15, 0.2) is 5.52 Å². The quantitative estimate of drug-likeness (QED) is 0.563. The van der Waals surface area contributed by atoms with Crippen molar-refractivity contribution in [1.29, 1.82) is 0 Å². The number of hydrogen-bond acceptors (Lipinski definition) is 5. The minimum Gasteiger partial charge on any atom is -0.227 e. The van der Waals surface area contributed by atoms with Crippen molar-refractivity contribution in [1.82, 2.24) is 25.4 Å². The number of benzene rings is 1. The van der Waals surface area contributed by atoms with Gasteiger partial charge in [-0.25, -0.2) is 9.97 Å². The normalized spacial score (nSPS) is 10.8. The Balaban J connectivity index is 1.84. The smallest absolute Gasteiger partial charge is 0.205 e. The van der Waals surface area contributed by atoms with Crippen LogP contribution in [0.15, 0.2) is 41.7 Å². The van der Waals surface area contributed by atoms with Gasteiger partial charge in [-0.2, -0.15) is 10.3 Å². The molecule has 0 saturated carbocycles. The van der Waals surface area contributed by atoms with Crippen LogP contribution in [0.5, 0.6) is 0 Å². The molecule has 0 spiro atoms. The van der Waals surface area contributed by atoms with Crippen LogP contribution in [-0.2, 0) is 5.75 Å². The Bertz CT molecular complexity index is 622. The van der Waals surface area contributed by atoms with E-state index in [4.69, 9.17) is 0 Å². The molecule has 1 N–H and O–H groups in total. The average Bonchev–Trinajstić information content (AvgIpc) is 2.86. The molecule has 3 rings (SSSR count). The van der Waals surface area contributed by atoms with Gasteiger partial charge in [0, 0.05) is 5.75 Å². The molecule has 0 aliphatic carbocycles. The highest BCUT2D eigenvalue weighted by Gasteiger charge is 2.07. The highest BCUT2D eigenvalue weighted by Crippen LogP contribution is 2.24. The van der Waals surface area contributed by atoms with E-state index in [1.54, 1.807) is 11.8 Å². The first-order chi connectivity index (χ1) is 8.43. The lowest BCUT2D eigenvalue weighted by Crippen LogP contribution is -1.87. The fraction of sp³-hybridized carbons (Fsp3) is 0.0909. The molecule has 0 radical (unpaired) electrons. The zero-order chi connectivity index (χ0) is 11.5. The summed E-state index contributed by atoms with van der Waals surface area (Å²) in [5, 5.41) is 11.4. The number of fused-ring (bicyclic) bond motifs is 1. The number of aromatic nitrogens is 5. The summed E-state index contributed by atoms with van der Waals surface area (Å²) in [6.07, 6.45) is 1.51. The van der Waals surface area contributed by atoms with Gasteiger partial charge in [0.1, 0.15) is 11.4 Å². The number of thioether (sulfide) groups is 1. The van der Waals surface area contributed by atoms with E-state index in [0.29, 0.717) is 5.65 Å². The molecule has 5 nitrogen and oxygen atoms in total. The first kappa shape index (κ1) is 10.2. The van der Waals surface area contributed by atoms with E-state index >= 15 is 0 Å². The van der Waals surface area contributed by atoms with Gasteiger partial charge in [0.05, 0.1) is 0 Å². The van der Waals surface area contributed by atoms with Crippen LogP contribution in [0.3, 0.4) is 0 Å². The zero-order valence-electron chi connectivity index (χ0n) is 8.87. The van der Waals surface area contributed by atoms with Crippen molar-refractivity contribution in [3.8, 4) is 0 Å². The first-order valence-electron chi connectivity index (χ1n) is 5.12. The molecule has 0 saturated heterocycles. The predicted octanol–water partition coefficient (Wildman–Crippen LogP) is 2.04. The summed E-state index contributed by atoms with van der Waals surface area (Å²) in [5.41, 5.74) is 2.59. The molecule has 84 valence electrons. The van der Waals surface area contributed by atoms with Gasteiger partial charge in [-0.3, -0.25) is 0 Å². The van der Waals surface area contributed by atoms with Crippen LogP contribution in [0.1, 0.15) is 5.56 Å². The summed E-state index contributed by atoms with van der Waals surface area (Å²) in [5.74, 6) is 0.861. The third-order valence-electron chi connectivity index (χ3n) is 2.31. The van der Waals surface area contributed by atoms with Gasteiger partial charge in [-0.1, -0.05) is 42.1 Å². The third kappa shape index (κ3) is 2.12. The molecule has 0 aliphatic heterocycles. The minimum atomic E-state index is 0.607. The largest absolute Gasteiger partial charge is 0.227 e. The number of aromatic amines is 1. The van der Waals surface area contributed by atoms with Crippen LogP contribution in [-0.4, -0.2) is 25.4 Å². The average molecular weight is 243 g/mol. The van der Waals surface area contributed by atoms with Crippen molar-refractivity contribution in [3.63, 3.8) is 0 Å². The molecule has 0 aliphatic rings. The second-order valence-electron chi connectivity index (χ2n) is 3.45. The van der Waals surface area contributed by atoms with Crippen molar-refractivity contribution >= 4 is 22.9 Å². The molecule has 2 heterocycles. The molecule has 1 aromatic carbocycles. The first-order valence-corrected chi connectivity index (χ1v) is 6.10. The van der Waals surface area contributed by atoms with E-state index < -0.39 is 0 Å². The Kier molecular flexibility index (Phi) is 2.71. The van der Waals surface area contributed by atoms with Crippen LogP contribution in [0.4, 0.5) is 0 Å². The number of rotatable bonds is 3. The molecule has 3 aromatic rings. The lowest BCUT2D eigenvalue weighted by molar-refractivity contribution is 0.952. The van der Waals surface area contributed by atoms with E-state index in [9.17, 15) is 0 Å². The van der Waals surface area contributed by atoms with E-state index in [2.05, 4.69) is 37.5 Å². The number of hydrogen-bond donors (Lipinski definition) is 1. The maximum atomic E-state index is 4.22. The standard InChI is InChI=1S/C11H9N5S/c1-2-4-8(5-3-1)6-17-11-9-10(12-7-13-11)15-16-14-9/h1-5,7H,6H2,(H,12,13,14,15,16). The van der Waals surface area contributed by atoms with E-state index in [1.165, 1.54) is 11.9 Å². The maximum Gasteiger partial charge on any atom is 0.205 e. The summed E-state index contributed by atoms with van der Waals surface area (Å²) in [7, 11) is 0. The van der Waals surface area contributed by atoms with Gasteiger partial charge >= 0.3 is 0 Å². The zero-order valence-corrected chi connectivity index (χ0v) is 9.68. The Hall–Kier alpha value is -1.95. The van der Waals surface area contributed by atoms with Crippen LogP contribution in [0.2, 0.25) is 0 Å². The van der Waals surface area contributed by atoms with Crippen molar-refractivity contribution in [2.24, 2.45) is 0 Å². The van der Waals surface area contributed by atoms with E-state index in [0.717, 1.165) is 16.3 Å². The molecular formula is C11H9N5S. The van der Waals surface area contributed by atoms with Gasteiger partial charge in [-0.15, -0.1) is 5.10 Å². The molecule has 0 amide bonds. The molecule has 17 heavy (non-hydrogen) atoms. The van der Waals surface area contributed by atoms with Crippen molar-refractivity contribution < 1.29 is 0 Å². The predicted molar refractivity (Wildman–Crippen MR) is 65.5 cm³/mol. The third-order valence-corrected chi connectivity index (χ3v) is 3.36. The fourth-order valence-electron chi connectivity index (χ4n) is 1.49. The van der Waals surface area contributed by atoms with Gasteiger partial charge < -0.3 is 0 Å². The molecular weight excluding hydrogens is 234 g/mol. The Morgan fingerprint density at radius 3 is 2.82 bits per heavy atom. The van der Waals surface area contributed by atoms with Crippen LogP contribution in [0, 0.1) is 0 Å². The number of H-pyrrole nitrogens is 1. The second-order valence-corrected chi connectivity index (χ2v) is 4.41. The van der Waals surface area contributed by atoms with Gasteiger partial charge in [0.2, 0.25) is 5.65 Å². The molecule has 0 fully saturated rings. The fourth-order valence-corrected chi connectivity index (χ4v) is 2.38. The van der Waals surface area contributed by atoms with Crippen molar-refractivity contribution in [2.45, 2.75) is 10.8 Å². The monoisotopic (exact) mass is 243 g/mol.